The number of hydrogen-bond donors (Lipinski definition) is 1. The van der Waals surface area contributed by atoms with Gasteiger partial charge < -0.3 is 14.8 Å². The normalized spacial score (nSPS) is 19.3. The predicted molar refractivity (Wildman–Crippen MR) is 131 cm³/mol. The zero-order valence-corrected chi connectivity index (χ0v) is 21.3. The highest BCUT2D eigenvalue weighted by atomic mass is 32.1. The first-order chi connectivity index (χ1) is 17.0. The van der Waals surface area contributed by atoms with Gasteiger partial charge in [-0.15, -0.1) is 11.3 Å². The fourth-order valence-electron chi connectivity index (χ4n) is 3.90. The van der Waals surface area contributed by atoms with E-state index >= 15 is 0 Å². The number of amides is 2. The summed E-state index contributed by atoms with van der Waals surface area (Å²) in [6.45, 7) is 8.65. The summed E-state index contributed by atoms with van der Waals surface area (Å²) < 4.78 is 10.5. The van der Waals surface area contributed by atoms with Crippen LogP contribution in [-0.2, 0) is 19.1 Å². The van der Waals surface area contributed by atoms with E-state index in [1.54, 1.807) is 26.2 Å². The van der Waals surface area contributed by atoms with Gasteiger partial charge in [0.15, 0.2) is 10.0 Å². The van der Waals surface area contributed by atoms with Crippen molar-refractivity contribution in [1.29, 1.82) is 0 Å². The first-order valence-corrected chi connectivity index (χ1v) is 12.6. The van der Waals surface area contributed by atoms with Gasteiger partial charge in [0.2, 0.25) is 0 Å². The topological polar surface area (TPSA) is 154 Å². The Morgan fingerprint density at radius 2 is 2.14 bits per heavy atom. The van der Waals surface area contributed by atoms with Gasteiger partial charge in [-0.25, -0.2) is 19.6 Å². The number of nitro groups is 1. The molecule has 0 radical (unpaired) electrons. The van der Waals surface area contributed by atoms with Crippen LogP contribution in [0.25, 0.3) is 15.6 Å². The molecule has 2 aromatic heterocycles. The SMILES string of the molecule is C=CCOC(=O)C1=C(c2csc(-c3ncc([N+](=O)[O-])s3)n2)CC[C@@H]2[C@H](NC(=O)OC(C)(C)C)C(=O)N12. The number of nitrogens with one attached hydrogen (secondary N) is 1. The number of rotatable bonds is 7. The summed E-state index contributed by atoms with van der Waals surface area (Å²) >= 11 is 2.12. The molecular weight excluding hydrogens is 510 g/mol. The van der Waals surface area contributed by atoms with E-state index in [1.165, 1.54) is 28.5 Å². The van der Waals surface area contributed by atoms with Gasteiger partial charge in [-0.2, -0.15) is 0 Å². The number of nitrogens with zero attached hydrogens (tertiary/aromatic N) is 4. The Balaban J connectivity index is 1.63. The number of β-lactam (4-membered cyclic amide) rings is 1. The van der Waals surface area contributed by atoms with E-state index in [0.29, 0.717) is 34.1 Å². The minimum absolute atomic E-state index is 0.0486. The molecule has 36 heavy (non-hydrogen) atoms. The maximum Gasteiger partial charge on any atom is 0.408 e. The fraction of sp³-hybridized carbons (Fsp3) is 0.409. The molecule has 1 saturated heterocycles. The van der Waals surface area contributed by atoms with Crippen LogP contribution in [0.3, 0.4) is 0 Å². The van der Waals surface area contributed by atoms with E-state index in [0.717, 1.165) is 11.3 Å². The Labute approximate surface area is 213 Å². The molecule has 2 amide bonds. The third kappa shape index (κ3) is 4.99. The van der Waals surface area contributed by atoms with Crippen LogP contribution >= 0.6 is 22.7 Å². The maximum absolute atomic E-state index is 13.1. The summed E-state index contributed by atoms with van der Waals surface area (Å²) in [5.74, 6) is -1.17. The van der Waals surface area contributed by atoms with Gasteiger partial charge >= 0.3 is 17.1 Å². The number of alkyl carbamates (subject to hydrolysis) is 1. The number of thiazole rings is 2. The van der Waals surface area contributed by atoms with Crippen molar-refractivity contribution in [2.75, 3.05) is 6.61 Å². The molecule has 14 heteroatoms. The minimum atomic E-state index is -0.828. The monoisotopic (exact) mass is 533 g/mol. The maximum atomic E-state index is 13.1. The summed E-state index contributed by atoms with van der Waals surface area (Å²) in [4.78, 5) is 58.7. The number of fused-ring (bicyclic) bond motifs is 1. The van der Waals surface area contributed by atoms with Crippen molar-refractivity contribution in [1.82, 2.24) is 20.2 Å². The lowest BCUT2D eigenvalue weighted by molar-refractivity contribution is -0.380. The average Bonchev–Trinajstić information content (AvgIpc) is 3.48. The Hall–Kier alpha value is -3.65. The zero-order chi connectivity index (χ0) is 26.2. The fourth-order valence-corrected chi connectivity index (χ4v) is 5.51. The lowest BCUT2D eigenvalue weighted by Crippen LogP contribution is -2.71. The van der Waals surface area contributed by atoms with Gasteiger partial charge in [0, 0.05) is 11.0 Å². The van der Waals surface area contributed by atoms with E-state index in [9.17, 15) is 24.5 Å². The van der Waals surface area contributed by atoms with E-state index in [1.807, 2.05) is 0 Å². The third-order valence-electron chi connectivity index (χ3n) is 5.30. The molecule has 0 spiro atoms. The number of carbonyl (C=O) groups excluding carboxylic acids is 3. The lowest BCUT2D eigenvalue weighted by atomic mass is 9.83. The molecule has 0 bridgehead atoms. The van der Waals surface area contributed by atoms with E-state index in [4.69, 9.17) is 9.47 Å². The molecule has 0 aromatic carbocycles. The van der Waals surface area contributed by atoms with Crippen molar-refractivity contribution in [2.24, 2.45) is 0 Å². The highest BCUT2D eigenvalue weighted by molar-refractivity contribution is 7.22. The molecule has 2 aliphatic rings. The van der Waals surface area contributed by atoms with Crippen LogP contribution in [0.1, 0.15) is 39.3 Å². The van der Waals surface area contributed by atoms with Gasteiger partial charge in [0.1, 0.15) is 30.1 Å². The standard InChI is InChI=1S/C22H23N5O7S2/c1-5-8-33-20(29)16-11(12-10-35-18(24-12)17-23-9-14(36-17)27(31)32)6-7-13-15(19(28)26(13)16)25-21(30)34-22(2,3)4/h5,9-10,13,15H,1,6-8H2,2-4H3,(H,25,30)/t13-,15+/m1/s1. The third-order valence-corrected chi connectivity index (χ3v) is 7.24. The van der Waals surface area contributed by atoms with Crippen LogP contribution < -0.4 is 5.32 Å². The van der Waals surface area contributed by atoms with Crippen LogP contribution in [-0.4, -0.2) is 62.1 Å². The van der Waals surface area contributed by atoms with Crippen LogP contribution in [0.2, 0.25) is 0 Å². The molecule has 4 heterocycles. The first-order valence-electron chi connectivity index (χ1n) is 10.9. The molecule has 2 atom stereocenters. The Morgan fingerprint density at radius 1 is 1.39 bits per heavy atom. The molecule has 12 nitrogen and oxygen atoms in total. The van der Waals surface area contributed by atoms with E-state index in [2.05, 4.69) is 21.9 Å². The van der Waals surface area contributed by atoms with Crippen molar-refractivity contribution in [3.05, 3.63) is 45.7 Å². The van der Waals surface area contributed by atoms with Gasteiger partial charge in [0.05, 0.1) is 16.7 Å². The molecule has 190 valence electrons. The number of ether oxygens (including phenoxy) is 2. The van der Waals surface area contributed by atoms with Gasteiger partial charge in [-0.3, -0.25) is 19.8 Å². The van der Waals surface area contributed by atoms with E-state index < -0.39 is 40.6 Å². The molecule has 4 rings (SSSR count). The molecule has 0 unspecified atom stereocenters. The molecule has 1 N–H and O–H groups in total. The second-order valence-corrected chi connectivity index (χ2v) is 10.8. The van der Waals surface area contributed by atoms with Crippen LogP contribution in [0.5, 0.6) is 0 Å². The number of carbonyl (C=O) groups is 3. The molecule has 2 aliphatic heterocycles. The number of allylic oxidation sites excluding steroid dienone is 1. The second kappa shape index (κ2) is 9.78. The Bertz CT molecular complexity index is 1280. The van der Waals surface area contributed by atoms with Crippen molar-refractivity contribution in [3.63, 3.8) is 0 Å². The van der Waals surface area contributed by atoms with Crippen molar-refractivity contribution in [2.45, 2.75) is 51.3 Å². The predicted octanol–water partition coefficient (Wildman–Crippen LogP) is 3.51. The largest absolute Gasteiger partial charge is 0.457 e. The summed E-state index contributed by atoms with van der Waals surface area (Å²) in [6, 6.07) is -1.27. The zero-order valence-electron chi connectivity index (χ0n) is 19.7. The molecule has 1 fully saturated rings. The number of aromatic nitrogens is 2. The second-order valence-electron chi connectivity index (χ2n) is 8.95. The summed E-state index contributed by atoms with van der Waals surface area (Å²) in [7, 11) is 0. The minimum Gasteiger partial charge on any atom is -0.457 e. The van der Waals surface area contributed by atoms with Crippen molar-refractivity contribution < 1.29 is 28.8 Å². The van der Waals surface area contributed by atoms with Crippen LogP contribution in [0.15, 0.2) is 29.9 Å². The summed E-state index contributed by atoms with van der Waals surface area (Å²) in [5.41, 5.74) is 0.296. The number of hydrogen-bond acceptors (Lipinski definition) is 11. The smallest absolute Gasteiger partial charge is 0.408 e. The van der Waals surface area contributed by atoms with Crippen LogP contribution in [0.4, 0.5) is 9.80 Å². The van der Waals surface area contributed by atoms with Crippen molar-refractivity contribution in [3.8, 4) is 10.0 Å². The lowest BCUT2D eigenvalue weighted by Gasteiger charge is -2.50. The van der Waals surface area contributed by atoms with Crippen LogP contribution in [0, 0.1) is 10.1 Å². The summed E-state index contributed by atoms with van der Waals surface area (Å²) in [6.07, 6.45) is 2.73. The van der Waals surface area contributed by atoms with Gasteiger partial charge in [0.25, 0.3) is 5.91 Å². The van der Waals surface area contributed by atoms with Gasteiger partial charge in [-0.1, -0.05) is 12.7 Å². The highest BCUT2D eigenvalue weighted by Crippen LogP contribution is 2.42. The van der Waals surface area contributed by atoms with E-state index in [-0.39, 0.29) is 17.3 Å². The highest BCUT2D eigenvalue weighted by Gasteiger charge is 2.54. The average molecular weight is 534 g/mol. The molecule has 0 aliphatic carbocycles. The Morgan fingerprint density at radius 3 is 2.78 bits per heavy atom. The number of esters is 1. The molecule has 0 saturated carbocycles. The van der Waals surface area contributed by atoms with Gasteiger partial charge in [-0.05, 0) is 44.9 Å². The molecular formula is C22H23N5O7S2. The molecule has 2 aromatic rings. The Kier molecular flexibility index (Phi) is 6.91. The quantitative estimate of drug-likeness (QED) is 0.185. The summed E-state index contributed by atoms with van der Waals surface area (Å²) in [5, 5.41) is 16.0. The van der Waals surface area contributed by atoms with Crippen molar-refractivity contribution >= 4 is 51.2 Å². The first kappa shape index (κ1) is 25.4.